The Bertz CT molecular complexity index is 501. The largest absolute Gasteiger partial charge is 0.494 e. The first-order valence-electron chi connectivity index (χ1n) is 6.45. The molecule has 1 fully saturated rings. The van der Waals surface area contributed by atoms with Gasteiger partial charge in [0.05, 0.1) is 24.2 Å². The van der Waals surface area contributed by atoms with Crippen molar-refractivity contribution in [3.8, 4) is 11.5 Å². The normalized spacial score (nSPS) is 22.4. The van der Waals surface area contributed by atoms with E-state index in [1.807, 2.05) is 0 Å². The minimum Gasteiger partial charge on any atom is -0.494 e. The topological polar surface area (TPSA) is 87.6 Å². The van der Waals surface area contributed by atoms with Gasteiger partial charge in [0.15, 0.2) is 11.6 Å². The van der Waals surface area contributed by atoms with Crippen molar-refractivity contribution < 1.29 is 18.8 Å². The Morgan fingerprint density at radius 3 is 2.50 bits per heavy atom. The molecule has 0 bridgehead atoms. The zero-order valence-corrected chi connectivity index (χ0v) is 11.2. The molecule has 0 aliphatic heterocycles. The number of nitro groups is 1. The van der Waals surface area contributed by atoms with Gasteiger partial charge in [-0.1, -0.05) is 0 Å². The van der Waals surface area contributed by atoms with Crippen LogP contribution in [0.5, 0.6) is 11.5 Å². The lowest BCUT2D eigenvalue weighted by atomic mass is 9.94. The fourth-order valence-corrected chi connectivity index (χ4v) is 2.30. The van der Waals surface area contributed by atoms with Gasteiger partial charge in [-0.05, 0) is 25.7 Å². The maximum Gasteiger partial charge on any atom is 0.314 e. The van der Waals surface area contributed by atoms with Crippen molar-refractivity contribution in [2.24, 2.45) is 5.73 Å². The Morgan fingerprint density at radius 2 is 1.95 bits per heavy atom. The molecule has 2 N–H and O–H groups in total. The number of benzene rings is 1. The second kappa shape index (κ2) is 6.04. The van der Waals surface area contributed by atoms with Crippen molar-refractivity contribution in [3.05, 3.63) is 28.1 Å². The SMILES string of the molecule is COc1cc(OC2CCC(N)CC2)c([N+](=O)[O-])cc1F. The maximum absolute atomic E-state index is 13.5. The molecule has 2 rings (SSSR count). The third-order valence-corrected chi connectivity index (χ3v) is 3.44. The predicted molar refractivity (Wildman–Crippen MR) is 70.5 cm³/mol. The van der Waals surface area contributed by atoms with E-state index in [2.05, 4.69) is 0 Å². The highest BCUT2D eigenvalue weighted by Gasteiger charge is 2.25. The summed E-state index contributed by atoms with van der Waals surface area (Å²) in [5.41, 5.74) is 5.41. The zero-order chi connectivity index (χ0) is 14.7. The van der Waals surface area contributed by atoms with Crippen LogP contribution in [0.2, 0.25) is 0 Å². The number of methoxy groups -OCH3 is 1. The van der Waals surface area contributed by atoms with E-state index in [1.54, 1.807) is 0 Å². The van der Waals surface area contributed by atoms with Crippen molar-refractivity contribution in [3.63, 3.8) is 0 Å². The first-order chi connectivity index (χ1) is 9.51. The predicted octanol–water partition coefficient (Wildman–Crippen LogP) is 2.39. The van der Waals surface area contributed by atoms with Crippen LogP contribution >= 0.6 is 0 Å². The van der Waals surface area contributed by atoms with Crippen molar-refractivity contribution in [1.82, 2.24) is 0 Å². The summed E-state index contributed by atoms with van der Waals surface area (Å²) in [5, 5.41) is 11.0. The van der Waals surface area contributed by atoms with Crippen molar-refractivity contribution in [2.75, 3.05) is 7.11 Å². The van der Waals surface area contributed by atoms with Gasteiger partial charge in [-0.25, -0.2) is 4.39 Å². The average Bonchev–Trinajstić information content (AvgIpc) is 2.42. The van der Waals surface area contributed by atoms with E-state index >= 15 is 0 Å². The molecule has 0 atom stereocenters. The molecule has 1 saturated carbocycles. The van der Waals surface area contributed by atoms with Gasteiger partial charge in [0.25, 0.3) is 0 Å². The van der Waals surface area contributed by atoms with Crippen LogP contribution < -0.4 is 15.2 Å². The van der Waals surface area contributed by atoms with E-state index in [0.717, 1.165) is 31.7 Å². The smallest absolute Gasteiger partial charge is 0.314 e. The van der Waals surface area contributed by atoms with Crippen LogP contribution in [-0.4, -0.2) is 24.2 Å². The van der Waals surface area contributed by atoms with Gasteiger partial charge in [0.1, 0.15) is 0 Å². The fraction of sp³-hybridized carbons (Fsp3) is 0.538. The molecule has 0 unspecified atom stereocenters. The molecular formula is C13H17FN2O4. The molecular weight excluding hydrogens is 267 g/mol. The first-order valence-corrected chi connectivity index (χ1v) is 6.45. The standard InChI is InChI=1S/C13H17FN2O4/c1-19-12-7-13(11(16(17)18)6-10(12)14)20-9-4-2-8(15)3-5-9/h6-9H,2-5,15H2,1H3. The molecule has 1 aromatic rings. The van der Waals surface area contributed by atoms with Gasteiger partial charge in [0.2, 0.25) is 5.75 Å². The fourth-order valence-electron chi connectivity index (χ4n) is 2.30. The number of hydrogen-bond donors (Lipinski definition) is 1. The van der Waals surface area contributed by atoms with Crippen LogP contribution in [0.15, 0.2) is 12.1 Å². The average molecular weight is 284 g/mol. The van der Waals surface area contributed by atoms with E-state index in [1.165, 1.54) is 13.2 Å². The molecule has 7 heteroatoms. The number of ether oxygens (including phenoxy) is 2. The number of halogens is 1. The first kappa shape index (κ1) is 14.5. The molecule has 1 aromatic carbocycles. The molecule has 1 aliphatic rings. The monoisotopic (exact) mass is 284 g/mol. The van der Waals surface area contributed by atoms with E-state index in [4.69, 9.17) is 15.2 Å². The molecule has 0 amide bonds. The van der Waals surface area contributed by atoms with Crippen LogP contribution in [0, 0.1) is 15.9 Å². The highest BCUT2D eigenvalue weighted by Crippen LogP contribution is 2.35. The van der Waals surface area contributed by atoms with Crippen molar-refractivity contribution in [2.45, 2.75) is 37.8 Å². The lowest BCUT2D eigenvalue weighted by Crippen LogP contribution is -2.31. The van der Waals surface area contributed by atoms with Gasteiger partial charge >= 0.3 is 5.69 Å². The van der Waals surface area contributed by atoms with Crippen molar-refractivity contribution >= 4 is 5.69 Å². The van der Waals surface area contributed by atoms with Gasteiger partial charge in [0, 0.05) is 12.1 Å². The highest BCUT2D eigenvalue weighted by atomic mass is 19.1. The molecule has 0 aromatic heterocycles. The molecule has 110 valence electrons. The molecule has 0 heterocycles. The second-order valence-corrected chi connectivity index (χ2v) is 4.87. The molecule has 0 radical (unpaired) electrons. The van der Waals surface area contributed by atoms with Crippen LogP contribution in [-0.2, 0) is 0 Å². The summed E-state index contributed by atoms with van der Waals surface area (Å²) in [6.45, 7) is 0. The maximum atomic E-state index is 13.5. The van der Waals surface area contributed by atoms with E-state index in [-0.39, 0.29) is 23.6 Å². The Balaban J connectivity index is 2.22. The minimum absolute atomic E-state index is 0.0359. The Labute approximate surface area is 115 Å². The quantitative estimate of drug-likeness (QED) is 0.677. The third-order valence-electron chi connectivity index (χ3n) is 3.44. The molecule has 20 heavy (non-hydrogen) atoms. The van der Waals surface area contributed by atoms with Gasteiger partial charge in [-0.15, -0.1) is 0 Å². The number of nitrogens with two attached hydrogens (primary N) is 1. The molecule has 1 aliphatic carbocycles. The van der Waals surface area contributed by atoms with Gasteiger partial charge < -0.3 is 15.2 Å². The highest BCUT2D eigenvalue weighted by molar-refractivity contribution is 5.51. The summed E-state index contributed by atoms with van der Waals surface area (Å²) in [7, 11) is 1.30. The van der Waals surface area contributed by atoms with Crippen LogP contribution in [0.25, 0.3) is 0 Å². The third kappa shape index (κ3) is 3.16. The molecule has 6 nitrogen and oxygen atoms in total. The number of nitrogens with zero attached hydrogens (tertiary/aromatic N) is 1. The Hall–Kier alpha value is -1.89. The Kier molecular flexibility index (Phi) is 4.39. The number of nitro benzene ring substituents is 1. The zero-order valence-electron chi connectivity index (χ0n) is 11.2. The number of rotatable bonds is 4. The van der Waals surface area contributed by atoms with E-state index in [0.29, 0.717) is 0 Å². The number of hydrogen-bond acceptors (Lipinski definition) is 5. The Morgan fingerprint density at radius 1 is 1.30 bits per heavy atom. The van der Waals surface area contributed by atoms with Crippen LogP contribution in [0.3, 0.4) is 0 Å². The summed E-state index contributed by atoms with van der Waals surface area (Å²) in [6, 6.07) is 2.21. The summed E-state index contributed by atoms with van der Waals surface area (Å²) in [6.07, 6.45) is 2.97. The summed E-state index contributed by atoms with van der Waals surface area (Å²) in [5.74, 6) is -0.816. The van der Waals surface area contributed by atoms with Crippen molar-refractivity contribution in [1.29, 1.82) is 0 Å². The van der Waals surface area contributed by atoms with Crippen LogP contribution in [0.1, 0.15) is 25.7 Å². The van der Waals surface area contributed by atoms with E-state index < -0.39 is 16.4 Å². The lowest BCUT2D eigenvalue weighted by molar-refractivity contribution is -0.386. The summed E-state index contributed by atoms with van der Waals surface area (Å²) < 4.78 is 24.0. The minimum atomic E-state index is -0.780. The van der Waals surface area contributed by atoms with Gasteiger partial charge in [-0.3, -0.25) is 10.1 Å². The lowest BCUT2D eigenvalue weighted by Gasteiger charge is -2.26. The second-order valence-electron chi connectivity index (χ2n) is 4.87. The van der Waals surface area contributed by atoms with E-state index in [9.17, 15) is 14.5 Å². The van der Waals surface area contributed by atoms with Gasteiger partial charge in [-0.2, -0.15) is 0 Å². The molecule has 0 spiro atoms. The summed E-state index contributed by atoms with van der Waals surface area (Å²) in [4.78, 5) is 10.3. The van der Waals surface area contributed by atoms with Crippen LogP contribution in [0.4, 0.5) is 10.1 Å². The summed E-state index contributed by atoms with van der Waals surface area (Å²) >= 11 is 0. The molecule has 0 saturated heterocycles.